The summed E-state index contributed by atoms with van der Waals surface area (Å²) >= 11 is 0. The maximum absolute atomic E-state index is 12.9. The lowest BCUT2D eigenvalue weighted by Gasteiger charge is -2.09. The van der Waals surface area contributed by atoms with Crippen molar-refractivity contribution in [3.8, 4) is 0 Å². The van der Waals surface area contributed by atoms with Crippen molar-refractivity contribution in [2.24, 2.45) is 12.1 Å². The van der Waals surface area contributed by atoms with Crippen molar-refractivity contribution in [3.05, 3.63) is 112 Å². The quantitative estimate of drug-likeness (QED) is 0.435. The maximum atomic E-state index is 12.9. The van der Waals surface area contributed by atoms with E-state index in [-0.39, 0.29) is 11.3 Å². The third kappa shape index (κ3) is 3.68. The van der Waals surface area contributed by atoms with Crippen LogP contribution in [0.25, 0.3) is 10.8 Å². The zero-order valence-corrected chi connectivity index (χ0v) is 15.7. The second kappa shape index (κ2) is 7.90. The first kappa shape index (κ1) is 18.3. The smallest absolute Gasteiger partial charge is 0.267 e. The Morgan fingerprint density at radius 2 is 1.34 bits per heavy atom. The SMILES string of the molecule is Cn1nc(C(=O)NN=C(c2ccccc2)c2ccccc2)c2ccccc2c1=O. The molecule has 29 heavy (non-hydrogen) atoms. The summed E-state index contributed by atoms with van der Waals surface area (Å²) < 4.78 is 1.16. The molecule has 0 saturated heterocycles. The number of nitrogens with zero attached hydrogens (tertiary/aromatic N) is 3. The molecule has 0 atom stereocenters. The zero-order chi connectivity index (χ0) is 20.2. The third-order valence-corrected chi connectivity index (χ3v) is 4.54. The molecule has 4 rings (SSSR count). The van der Waals surface area contributed by atoms with Crippen molar-refractivity contribution >= 4 is 22.4 Å². The minimum absolute atomic E-state index is 0.145. The van der Waals surface area contributed by atoms with Gasteiger partial charge in [0.05, 0.1) is 11.1 Å². The lowest BCUT2D eigenvalue weighted by molar-refractivity contribution is 0.0949. The van der Waals surface area contributed by atoms with Gasteiger partial charge in [-0.3, -0.25) is 9.59 Å². The highest BCUT2D eigenvalue weighted by molar-refractivity contribution is 6.13. The first-order valence-electron chi connectivity index (χ1n) is 9.10. The molecule has 0 saturated carbocycles. The molecule has 6 heteroatoms. The fourth-order valence-corrected chi connectivity index (χ4v) is 3.11. The Kier molecular flexibility index (Phi) is 4.99. The summed E-state index contributed by atoms with van der Waals surface area (Å²) in [4.78, 5) is 25.2. The van der Waals surface area contributed by atoms with Gasteiger partial charge in [0, 0.05) is 23.6 Å². The predicted molar refractivity (Wildman–Crippen MR) is 113 cm³/mol. The maximum Gasteiger partial charge on any atom is 0.292 e. The number of nitrogens with one attached hydrogen (secondary N) is 1. The van der Waals surface area contributed by atoms with Gasteiger partial charge in [0.25, 0.3) is 11.5 Å². The molecule has 0 aliphatic rings. The van der Waals surface area contributed by atoms with E-state index in [2.05, 4.69) is 15.6 Å². The molecule has 0 radical (unpaired) electrons. The summed E-state index contributed by atoms with van der Waals surface area (Å²) in [5.74, 6) is -0.485. The second-order valence-electron chi connectivity index (χ2n) is 6.46. The lowest BCUT2D eigenvalue weighted by Crippen LogP contribution is -2.28. The molecule has 1 amide bonds. The number of rotatable bonds is 4. The van der Waals surface area contributed by atoms with Crippen molar-refractivity contribution in [2.75, 3.05) is 0 Å². The van der Waals surface area contributed by atoms with Crippen molar-refractivity contribution in [1.29, 1.82) is 0 Å². The van der Waals surface area contributed by atoms with Gasteiger partial charge >= 0.3 is 0 Å². The van der Waals surface area contributed by atoms with Crippen LogP contribution in [0, 0.1) is 0 Å². The van der Waals surface area contributed by atoms with E-state index in [9.17, 15) is 9.59 Å². The summed E-state index contributed by atoms with van der Waals surface area (Å²) in [5.41, 5.74) is 4.87. The fourth-order valence-electron chi connectivity index (χ4n) is 3.11. The van der Waals surface area contributed by atoms with Crippen LogP contribution < -0.4 is 11.0 Å². The molecule has 1 aromatic heterocycles. The van der Waals surface area contributed by atoms with Gasteiger partial charge in [-0.1, -0.05) is 78.9 Å². The number of hydrogen-bond acceptors (Lipinski definition) is 4. The van der Waals surface area contributed by atoms with E-state index in [1.54, 1.807) is 24.3 Å². The number of hydrazone groups is 1. The van der Waals surface area contributed by atoms with E-state index in [0.717, 1.165) is 15.8 Å². The van der Waals surface area contributed by atoms with Gasteiger partial charge in [-0.05, 0) is 6.07 Å². The minimum Gasteiger partial charge on any atom is -0.267 e. The number of carbonyl (C=O) groups excluding carboxylic acids is 1. The first-order valence-corrected chi connectivity index (χ1v) is 9.10. The Hall–Kier alpha value is -4.06. The van der Waals surface area contributed by atoms with E-state index < -0.39 is 5.91 Å². The summed E-state index contributed by atoms with van der Waals surface area (Å²) in [6.07, 6.45) is 0. The molecule has 4 aromatic rings. The molecule has 1 heterocycles. The van der Waals surface area contributed by atoms with Crippen LogP contribution >= 0.6 is 0 Å². The molecule has 3 aromatic carbocycles. The molecule has 0 fully saturated rings. The van der Waals surface area contributed by atoms with Crippen LogP contribution in [0.2, 0.25) is 0 Å². The van der Waals surface area contributed by atoms with Crippen molar-refractivity contribution < 1.29 is 4.79 Å². The summed E-state index contributed by atoms with van der Waals surface area (Å²) in [7, 11) is 1.52. The zero-order valence-electron chi connectivity index (χ0n) is 15.7. The van der Waals surface area contributed by atoms with Gasteiger partial charge in [-0.25, -0.2) is 10.1 Å². The number of fused-ring (bicyclic) bond motifs is 1. The number of aryl methyl sites for hydroxylation is 1. The third-order valence-electron chi connectivity index (χ3n) is 4.54. The minimum atomic E-state index is -0.485. The van der Waals surface area contributed by atoms with Crippen LogP contribution in [0.1, 0.15) is 21.6 Å². The predicted octanol–water partition coefficient (Wildman–Crippen LogP) is 3.12. The largest absolute Gasteiger partial charge is 0.292 e. The number of amides is 1. The Morgan fingerprint density at radius 1 is 0.828 bits per heavy atom. The van der Waals surface area contributed by atoms with E-state index >= 15 is 0 Å². The standard InChI is InChI=1S/C23H18N4O2/c1-27-23(29)19-15-9-8-14-18(19)21(26-27)22(28)25-24-20(16-10-4-2-5-11-16)17-12-6-3-7-13-17/h2-15H,1H3,(H,25,28). The second-order valence-corrected chi connectivity index (χ2v) is 6.46. The Bertz CT molecular complexity index is 1220. The molecule has 6 nitrogen and oxygen atoms in total. The molecule has 0 aliphatic carbocycles. The van der Waals surface area contributed by atoms with Gasteiger partial charge in [-0.15, -0.1) is 0 Å². The van der Waals surface area contributed by atoms with Gasteiger partial charge < -0.3 is 0 Å². The topological polar surface area (TPSA) is 76.3 Å². The van der Waals surface area contributed by atoms with Gasteiger partial charge in [0.2, 0.25) is 0 Å². The van der Waals surface area contributed by atoms with E-state index in [4.69, 9.17) is 0 Å². The molecule has 142 valence electrons. The molecular weight excluding hydrogens is 364 g/mol. The number of hydrogen-bond donors (Lipinski definition) is 1. The van der Waals surface area contributed by atoms with E-state index in [0.29, 0.717) is 16.5 Å². The Labute approximate surface area is 167 Å². The van der Waals surface area contributed by atoms with E-state index in [1.165, 1.54) is 7.05 Å². The average molecular weight is 382 g/mol. The summed E-state index contributed by atoms with van der Waals surface area (Å²) in [5, 5.41) is 9.46. The summed E-state index contributed by atoms with van der Waals surface area (Å²) in [6.45, 7) is 0. The molecule has 0 aliphatic heterocycles. The number of carbonyl (C=O) groups is 1. The van der Waals surface area contributed by atoms with E-state index in [1.807, 2.05) is 60.7 Å². The highest BCUT2D eigenvalue weighted by atomic mass is 16.2. The molecule has 0 bridgehead atoms. The van der Waals surface area contributed by atoms with Crippen LogP contribution in [0.15, 0.2) is 94.8 Å². The van der Waals surface area contributed by atoms with Gasteiger partial charge in [-0.2, -0.15) is 10.2 Å². The highest BCUT2D eigenvalue weighted by Gasteiger charge is 2.16. The number of benzene rings is 3. The first-order chi connectivity index (χ1) is 14.1. The van der Waals surface area contributed by atoms with Crippen molar-refractivity contribution in [2.45, 2.75) is 0 Å². The average Bonchev–Trinajstić information content (AvgIpc) is 2.78. The normalized spacial score (nSPS) is 10.5. The molecule has 1 N–H and O–H groups in total. The summed E-state index contributed by atoms with van der Waals surface area (Å²) in [6, 6.07) is 26.1. The van der Waals surface area contributed by atoms with Crippen molar-refractivity contribution in [1.82, 2.24) is 15.2 Å². The fraction of sp³-hybridized carbons (Fsp3) is 0.0435. The number of aromatic nitrogens is 2. The van der Waals surface area contributed by atoms with Crippen molar-refractivity contribution in [3.63, 3.8) is 0 Å². The van der Waals surface area contributed by atoms with Gasteiger partial charge in [0.15, 0.2) is 5.69 Å². The van der Waals surface area contributed by atoms with Crippen LogP contribution in [0.4, 0.5) is 0 Å². The van der Waals surface area contributed by atoms with Gasteiger partial charge in [0.1, 0.15) is 0 Å². The lowest BCUT2D eigenvalue weighted by atomic mass is 10.0. The molecular formula is C23H18N4O2. The highest BCUT2D eigenvalue weighted by Crippen LogP contribution is 2.14. The molecule has 0 spiro atoms. The van der Waals surface area contributed by atoms with Crippen LogP contribution in [0.5, 0.6) is 0 Å². The van der Waals surface area contributed by atoms with Crippen LogP contribution in [-0.4, -0.2) is 21.4 Å². The Morgan fingerprint density at radius 3 is 1.93 bits per heavy atom. The van der Waals surface area contributed by atoms with Crippen LogP contribution in [-0.2, 0) is 7.05 Å². The Balaban J connectivity index is 1.76. The monoisotopic (exact) mass is 382 g/mol. The van der Waals surface area contributed by atoms with Crippen LogP contribution in [0.3, 0.4) is 0 Å². The molecule has 0 unspecified atom stereocenters.